The van der Waals surface area contributed by atoms with Gasteiger partial charge >= 0.3 is 0 Å². The fourth-order valence-electron chi connectivity index (χ4n) is 2.87. The van der Waals surface area contributed by atoms with Crippen molar-refractivity contribution in [2.45, 2.75) is 17.7 Å². The number of carbonyl (C=O) groups excluding carboxylic acids is 2. The van der Waals surface area contributed by atoms with E-state index in [1.165, 1.54) is 12.1 Å². The van der Waals surface area contributed by atoms with Crippen LogP contribution in [0.2, 0.25) is 0 Å². The number of nitrogens with zero attached hydrogens (tertiary/aromatic N) is 1. The zero-order chi connectivity index (χ0) is 16.8. The molecule has 3 rings (SSSR count). The van der Waals surface area contributed by atoms with E-state index in [4.69, 9.17) is 5.73 Å². The molecule has 2 aliphatic heterocycles. The number of carbonyl (C=O) groups is 2. The van der Waals surface area contributed by atoms with E-state index in [1.54, 1.807) is 4.90 Å². The molecule has 0 radical (unpaired) electrons. The van der Waals surface area contributed by atoms with E-state index in [9.17, 15) is 22.4 Å². The Morgan fingerprint density at radius 1 is 1.35 bits per heavy atom. The van der Waals surface area contributed by atoms with Gasteiger partial charge < -0.3 is 16.0 Å². The van der Waals surface area contributed by atoms with Gasteiger partial charge in [0.05, 0.1) is 17.1 Å². The number of nitrogens with two attached hydrogens (primary N) is 1. The number of amides is 2. The number of hydrogen-bond acceptors (Lipinski definition) is 5. The monoisotopic (exact) mass is 339 g/mol. The highest BCUT2D eigenvalue weighted by molar-refractivity contribution is 7.96. The number of rotatable bonds is 3. The molecule has 0 bridgehead atoms. The molecule has 7 nitrogen and oxygen atoms in total. The number of sulfone groups is 1. The summed E-state index contributed by atoms with van der Waals surface area (Å²) in [7, 11) is -4.17. The Hall–Kier alpha value is -2.42. The largest absolute Gasteiger partial charge is 0.368 e. The molecule has 1 aromatic rings. The topological polar surface area (TPSA) is 110 Å². The molecule has 122 valence electrons. The van der Waals surface area contributed by atoms with Crippen LogP contribution < -0.4 is 16.0 Å². The SMILES string of the molecule is NC(=O)CNC(=O)C1=C2CCCN2c2ccc(F)cc2S1(=O)=O. The van der Waals surface area contributed by atoms with Crippen molar-refractivity contribution in [3.8, 4) is 0 Å². The first-order valence-electron chi connectivity index (χ1n) is 6.94. The van der Waals surface area contributed by atoms with Gasteiger partial charge in [-0.25, -0.2) is 12.8 Å². The molecule has 0 aromatic heterocycles. The van der Waals surface area contributed by atoms with Crippen LogP contribution in [-0.4, -0.2) is 33.3 Å². The standard InChI is InChI=1S/C14H14FN3O4S/c15-8-3-4-9-11(6-8)23(21,22)13(10-2-1-5-18(9)10)14(20)17-7-12(16)19/h3-4,6H,1-2,5,7H2,(H2,16,19)(H,17,20). The van der Waals surface area contributed by atoms with E-state index in [0.717, 1.165) is 6.07 Å². The molecule has 1 fully saturated rings. The summed E-state index contributed by atoms with van der Waals surface area (Å²) in [6, 6.07) is 3.48. The first-order valence-corrected chi connectivity index (χ1v) is 8.42. The van der Waals surface area contributed by atoms with E-state index < -0.39 is 38.9 Å². The maximum atomic E-state index is 13.5. The third-order valence-electron chi connectivity index (χ3n) is 3.78. The summed E-state index contributed by atoms with van der Waals surface area (Å²) in [6.07, 6.45) is 1.09. The van der Waals surface area contributed by atoms with Crippen molar-refractivity contribution in [2.75, 3.05) is 18.0 Å². The lowest BCUT2D eigenvalue weighted by atomic mass is 10.2. The van der Waals surface area contributed by atoms with E-state index in [1.807, 2.05) is 0 Å². The van der Waals surface area contributed by atoms with Gasteiger partial charge in [0.25, 0.3) is 5.91 Å². The first kappa shape index (κ1) is 15.5. The van der Waals surface area contributed by atoms with Crippen molar-refractivity contribution >= 4 is 27.3 Å². The van der Waals surface area contributed by atoms with Gasteiger partial charge in [-0.15, -0.1) is 0 Å². The Morgan fingerprint density at radius 3 is 2.78 bits per heavy atom. The van der Waals surface area contributed by atoms with Crippen molar-refractivity contribution in [1.82, 2.24) is 5.32 Å². The predicted octanol–water partition coefficient (Wildman–Crippen LogP) is 0.0263. The summed E-state index contributed by atoms with van der Waals surface area (Å²) < 4.78 is 39.0. The molecule has 0 unspecified atom stereocenters. The van der Waals surface area contributed by atoms with Crippen LogP contribution in [0, 0.1) is 5.82 Å². The third-order valence-corrected chi connectivity index (χ3v) is 5.65. The number of hydrogen-bond donors (Lipinski definition) is 2. The second-order valence-corrected chi connectivity index (χ2v) is 7.15. The number of allylic oxidation sites excluding steroid dienone is 1. The lowest BCUT2D eigenvalue weighted by Crippen LogP contribution is -2.39. The molecule has 2 amide bonds. The van der Waals surface area contributed by atoms with E-state index >= 15 is 0 Å². The van der Waals surface area contributed by atoms with Crippen LogP contribution >= 0.6 is 0 Å². The highest BCUT2D eigenvalue weighted by Gasteiger charge is 2.41. The molecular weight excluding hydrogens is 325 g/mol. The van der Waals surface area contributed by atoms with E-state index in [2.05, 4.69) is 5.32 Å². The summed E-state index contributed by atoms with van der Waals surface area (Å²) in [5.74, 6) is -2.39. The van der Waals surface area contributed by atoms with Gasteiger partial charge in [-0.1, -0.05) is 0 Å². The second-order valence-electron chi connectivity index (χ2n) is 5.30. The van der Waals surface area contributed by atoms with Crippen LogP contribution in [0.5, 0.6) is 0 Å². The minimum atomic E-state index is -4.17. The van der Waals surface area contributed by atoms with Gasteiger partial charge in [0.15, 0.2) is 4.91 Å². The number of nitrogens with one attached hydrogen (secondary N) is 1. The summed E-state index contributed by atoms with van der Waals surface area (Å²) >= 11 is 0. The predicted molar refractivity (Wildman–Crippen MR) is 79.4 cm³/mol. The normalized spacial score (nSPS) is 18.4. The molecule has 1 aromatic carbocycles. The molecule has 1 saturated heterocycles. The molecule has 0 saturated carbocycles. The van der Waals surface area contributed by atoms with Gasteiger partial charge in [0.1, 0.15) is 5.82 Å². The van der Waals surface area contributed by atoms with E-state index in [0.29, 0.717) is 30.8 Å². The van der Waals surface area contributed by atoms with Crippen LogP contribution in [0.3, 0.4) is 0 Å². The van der Waals surface area contributed by atoms with Crippen molar-refractivity contribution in [2.24, 2.45) is 5.73 Å². The Morgan fingerprint density at radius 2 is 2.09 bits per heavy atom. The molecular formula is C14H14FN3O4S. The zero-order valence-electron chi connectivity index (χ0n) is 12.0. The maximum Gasteiger partial charge on any atom is 0.265 e. The number of benzene rings is 1. The molecule has 2 heterocycles. The molecule has 0 aliphatic carbocycles. The Balaban J connectivity index is 2.14. The second kappa shape index (κ2) is 5.34. The summed E-state index contributed by atoms with van der Waals surface area (Å²) in [5.41, 5.74) is 5.69. The number of fused-ring (bicyclic) bond motifs is 3. The van der Waals surface area contributed by atoms with Crippen molar-refractivity contribution in [3.05, 3.63) is 34.6 Å². The van der Waals surface area contributed by atoms with Gasteiger partial charge in [0, 0.05) is 12.2 Å². The maximum absolute atomic E-state index is 13.5. The fourth-order valence-corrected chi connectivity index (χ4v) is 4.65. The minimum Gasteiger partial charge on any atom is -0.368 e. The lowest BCUT2D eigenvalue weighted by Gasteiger charge is -2.29. The molecule has 9 heteroatoms. The minimum absolute atomic E-state index is 0.243. The van der Waals surface area contributed by atoms with Crippen LogP contribution in [0.25, 0.3) is 0 Å². The van der Waals surface area contributed by atoms with Crippen LogP contribution in [-0.2, 0) is 19.4 Å². The Kier molecular flexibility index (Phi) is 3.59. The van der Waals surface area contributed by atoms with Gasteiger partial charge in [-0.05, 0) is 31.0 Å². The Labute approximate surface area is 131 Å². The number of anilines is 1. The third kappa shape index (κ3) is 2.46. The highest BCUT2D eigenvalue weighted by atomic mass is 32.2. The van der Waals surface area contributed by atoms with Crippen molar-refractivity contribution < 1.29 is 22.4 Å². The molecule has 0 atom stereocenters. The molecule has 3 N–H and O–H groups in total. The molecule has 0 spiro atoms. The summed E-state index contributed by atoms with van der Waals surface area (Å²) in [6.45, 7) is 0.0667. The lowest BCUT2D eigenvalue weighted by molar-refractivity contribution is -0.122. The van der Waals surface area contributed by atoms with Crippen molar-refractivity contribution in [1.29, 1.82) is 0 Å². The van der Waals surface area contributed by atoms with Gasteiger partial charge in [-0.2, -0.15) is 0 Å². The smallest absolute Gasteiger partial charge is 0.265 e. The van der Waals surface area contributed by atoms with Gasteiger partial charge in [-0.3, -0.25) is 9.59 Å². The van der Waals surface area contributed by atoms with Crippen LogP contribution in [0.1, 0.15) is 12.8 Å². The molecule has 2 aliphatic rings. The first-order chi connectivity index (χ1) is 10.8. The Bertz CT molecular complexity index is 848. The average Bonchev–Trinajstić information content (AvgIpc) is 2.93. The average molecular weight is 339 g/mol. The summed E-state index contributed by atoms with van der Waals surface area (Å²) in [5, 5.41) is 2.19. The highest BCUT2D eigenvalue weighted by Crippen LogP contribution is 2.43. The quantitative estimate of drug-likeness (QED) is 0.807. The van der Waals surface area contributed by atoms with Crippen LogP contribution in [0.15, 0.2) is 33.7 Å². The zero-order valence-corrected chi connectivity index (χ0v) is 12.8. The van der Waals surface area contributed by atoms with Crippen LogP contribution in [0.4, 0.5) is 10.1 Å². The van der Waals surface area contributed by atoms with E-state index in [-0.39, 0.29) is 4.90 Å². The summed E-state index contributed by atoms with van der Waals surface area (Å²) in [4.78, 5) is 24.1. The van der Waals surface area contributed by atoms with Gasteiger partial charge in [0.2, 0.25) is 15.7 Å². The number of primary amides is 1. The molecule has 23 heavy (non-hydrogen) atoms. The fraction of sp³-hybridized carbons (Fsp3) is 0.286. The number of halogens is 1. The van der Waals surface area contributed by atoms with Crippen molar-refractivity contribution in [3.63, 3.8) is 0 Å².